The number of para-hydroxylation sites is 2. The topological polar surface area (TPSA) is 6.48 Å². The summed E-state index contributed by atoms with van der Waals surface area (Å²) in [6.07, 6.45) is 0. The Morgan fingerprint density at radius 1 is 0.235 bits per heavy atom. The molecule has 14 rings (SSSR count). The van der Waals surface area contributed by atoms with Crippen LogP contribution in [0.5, 0.6) is 0 Å². The first-order valence-electron chi connectivity index (χ1n) is 23.2. The zero-order valence-electron chi connectivity index (χ0n) is 36.8. The van der Waals surface area contributed by atoms with Gasteiger partial charge in [0.15, 0.2) is 0 Å². The smallest absolute Gasteiger partial charge is 0.0640 e. The van der Waals surface area contributed by atoms with E-state index >= 15 is 0 Å². The van der Waals surface area contributed by atoms with Gasteiger partial charge in [-0.3, -0.25) is 0 Å². The maximum atomic E-state index is 2.54. The molecule has 2 aromatic heterocycles. The summed E-state index contributed by atoms with van der Waals surface area (Å²) in [5.74, 6) is 0. The van der Waals surface area contributed by atoms with E-state index in [1.54, 1.807) is 0 Å². The number of benzene rings is 12. The van der Waals surface area contributed by atoms with Gasteiger partial charge in [-0.05, 0) is 81.2 Å². The van der Waals surface area contributed by atoms with Crippen molar-refractivity contribution in [3.8, 4) is 22.3 Å². The van der Waals surface area contributed by atoms with E-state index in [1.807, 2.05) is 22.7 Å². The first kappa shape index (κ1) is 38.9. The van der Waals surface area contributed by atoms with Crippen molar-refractivity contribution in [3.05, 3.63) is 243 Å². The normalized spacial score (nSPS) is 11.8. The minimum atomic E-state index is 1.14. The van der Waals surface area contributed by atoms with Crippen LogP contribution in [0, 0.1) is 0 Å². The van der Waals surface area contributed by atoms with Crippen LogP contribution in [-0.4, -0.2) is 0 Å². The Labute approximate surface area is 401 Å². The number of hydrogen-bond donors (Lipinski definition) is 0. The van der Waals surface area contributed by atoms with Gasteiger partial charge in [0.1, 0.15) is 0 Å². The van der Waals surface area contributed by atoms with Gasteiger partial charge in [-0.25, -0.2) is 0 Å². The molecule has 0 spiro atoms. The van der Waals surface area contributed by atoms with Gasteiger partial charge < -0.3 is 9.80 Å². The Hall–Kier alpha value is -8.28. The molecule has 0 saturated heterocycles. The molecule has 0 unspecified atom stereocenters. The molecule has 4 heteroatoms. The van der Waals surface area contributed by atoms with Gasteiger partial charge in [-0.15, -0.1) is 22.7 Å². The summed E-state index contributed by atoms with van der Waals surface area (Å²) < 4.78 is 5.12. The molecule has 0 radical (unpaired) electrons. The lowest BCUT2D eigenvalue weighted by atomic mass is 9.91. The molecule has 0 aliphatic carbocycles. The van der Waals surface area contributed by atoms with Gasteiger partial charge in [-0.1, -0.05) is 194 Å². The molecule has 0 bridgehead atoms. The SMILES string of the molecule is c1ccc(-c2ccccc2N(c2ccc3ccc4c(N(c5ccccc5-c5ccccc5)c5cccc6c5sc5ccccc56)ccc5ccc2c3c54)c2cccc3c2sc2ccccc23)cc1. The second-order valence-electron chi connectivity index (χ2n) is 17.5. The molecule has 0 N–H and O–H groups in total. The van der Waals surface area contributed by atoms with E-state index in [2.05, 4.69) is 252 Å². The van der Waals surface area contributed by atoms with Crippen LogP contribution in [0.25, 0.3) is 94.9 Å². The number of hydrogen-bond acceptors (Lipinski definition) is 4. The molecule has 68 heavy (non-hydrogen) atoms. The fourth-order valence-corrected chi connectivity index (χ4v) is 13.2. The van der Waals surface area contributed by atoms with Crippen LogP contribution in [0.4, 0.5) is 34.1 Å². The fourth-order valence-electron chi connectivity index (χ4n) is 10.8. The maximum Gasteiger partial charge on any atom is 0.0640 e. The Morgan fingerprint density at radius 3 is 1.07 bits per heavy atom. The lowest BCUT2D eigenvalue weighted by Crippen LogP contribution is -2.13. The zero-order valence-corrected chi connectivity index (χ0v) is 38.4. The van der Waals surface area contributed by atoms with Crippen LogP contribution in [0.3, 0.4) is 0 Å². The monoisotopic (exact) mass is 900 g/mol. The summed E-state index contributed by atoms with van der Waals surface area (Å²) in [6.45, 7) is 0. The van der Waals surface area contributed by atoms with Gasteiger partial charge in [0.2, 0.25) is 0 Å². The number of thiophene rings is 2. The Kier molecular flexibility index (Phi) is 8.98. The van der Waals surface area contributed by atoms with E-state index in [-0.39, 0.29) is 0 Å². The summed E-state index contributed by atoms with van der Waals surface area (Å²) >= 11 is 3.75. The summed E-state index contributed by atoms with van der Waals surface area (Å²) in [6, 6.07) is 89.6. The molecule has 318 valence electrons. The lowest BCUT2D eigenvalue weighted by molar-refractivity contribution is 1.32. The summed E-state index contributed by atoms with van der Waals surface area (Å²) in [4.78, 5) is 5.08. The van der Waals surface area contributed by atoms with Crippen molar-refractivity contribution in [2.24, 2.45) is 0 Å². The maximum absolute atomic E-state index is 2.54. The van der Waals surface area contributed by atoms with Crippen molar-refractivity contribution in [1.29, 1.82) is 0 Å². The molecular weight excluding hydrogens is 861 g/mol. The number of fused-ring (bicyclic) bond motifs is 6. The van der Waals surface area contributed by atoms with E-state index in [4.69, 9.17) is 0 Å². The van der Waals surface area contributed by atoms with E-state index in [0.717, 1.165) is 22.7 Å². The third-order valence-corrected chi connectivity index (χ3v) is 16.2. The molecule has 12 aromatic carbocycles. The predicted octanol–water partition coefficient (Wildman–Crippen LogP) is 19.6. The molecule has 2 nitrogen and oxygen atoms in total. The van der Waals surface area contributed by atoms with Crippen LogP contribution in [0.2, 0.25) is 0 Å². The van der Waals surface area contributed by atoms with Crippen molar-refractivity contribution >= 4 is 129 Å². The highest BCUT2D eigenvalue weighted by atomic mass is 32.1. The highest BCUT2D eigenvalue weighted by molar-refractivity contribution is 7.26. The predicted molar refractivity (Wildman–Crippen MR) is 296 cm³/mol. The zero-order chi connectivity index (χ0) is 44.7. The first-order valence-corrected chi connectivity index (χ1v) is 24.8. The van der Waals surface area contributed by atoms with Crippen LogP contribution in [0.15, 0.2) is 243 Å². The van der Waals surface area contributed by atoms with Gasteiger partial charge in [0.25, 0.3) is 0 Å². The largest absolute Gasteiger partial charge is 0.308 e. The lowest BCUT2D eigenvalue weighted by Gasteiger charge is -2.31. The van der Waals surface area contributed by atoms with Crippen LogP contribution < -0.4 is 9.80 Å². The molecule has 0 atom stereocenters. The van der Waals surface area contributed by atoms with Crippen molar-refractivity contribution in [2.75, 3.05) is 9.80 Å². The number of anilines is 6. The average molecular weight is 901 g/mol. The molecule has 2 heterocycles. The standard InChI is InChI=1S/C64H40N2S2/c1-3-17-41(18-4-1)45-21-7-11-27-53(45)65(57-29-15-25-49-47-23-9-13-31-59(47)67-63(49)57)55-39-35-43-34-38-52-56(40-36-44-33-37-51(55)61(43)62(44)52)66(54-28-12-8-22-46(54)42-19-5-2-6-20-42)58-30-16-26-50-48-24-10-14-32-60(48)68-64(50)58/h1-40H. The quantitative estimate of drug-likeness (QED) is 0.140. The highest BCUT2D eigenvalue weighted by Gasteiger charge is 2.27. The molecule has 0 saturated carbocycles. The summed E-state index contributed by atoms with van der Waals surface area (Å²) in [5, 5.41) is 12.5. The number of nitrogens with zero attached hydrogens (tertiary/aromatic N) is 2. The summed E-state index contributed by atoms with van der Waals surface area (Å²) in [7, 11) is 0. The van der Waals surface area contributed by atoms with E-state index < -0.39 is 0 Å². The molecule has 14 aromatic rings. The third kappa shape index (κ3) is 6.01. The van der Waals surface area contributed by atoms with E-state index in [1.165, 1.54) is 106 Å². The molecule has 0 aliphatic heterocycles. The average Bonchev–Trinajstić information content (AvgIpc) is 3.99. The second-order valence-corrected chi connectivity index (χ2v) is 19.6. The number of rotatable bonds is 8. The van der Waals surface area contributed by atoms with Crippen LogP contribution in [0.1, 0.15) is 0 Å². The van der Waals surface area contributed by atoms with E-state index in [9.17, 15) is 0 Å². The van der Waals surface area contributed by atoms with Crippen molar-refractivity contribution in [2.45, 2.75) is 0 Å². The molecule has 0 aliphatic rings. The summed E-state index contributed by atoms with van der Waals surface area (Å²) in [5.41, 5.74) is 11.6. The minimum Gasteiger partial charge on any atom is -0.308 e. The van der Waals surface area contributed by atoms with Gasteiger partial charge in [0.05, 0.1) is 43.5 Å². The Morgan fingerprint density at radius 2 is 0.603 bits per heavy atom. The fraction of sp³-hybridized carbons (Fsp3) is 0. The molecule has 0 amide bonds. The van der Waals surface area contributed by atoms with Crippen molar-refractivity contribution in [3.63, 3.8) is 0 Å². The van der Waals surface area contributed by atoms with Crippen LogP contribution in [-0.2, 0) is 0 Å². The second kappa shape index (κ2) is 15.7. The van der Waals surface area contributed by atoms with Crippen molar-refractivity contribution < 1.29 is 0 Å². The molecular formula is C64H40N2S2. The van der Waals surface area contributed by atoms with Gasteiger partial charge in [-0.2, -0.15) is 0 Å². The minimum absolute atomic E-state index is 1.14. The first-order chi connectivity index (χ1) is 33.8. The van der Waals surface area contributed by atoms with Crippen molar-refractivity contribution in [1.82, 2.24) is 0 Å². The Balaban J connectivity index is 1.06. The van der Waals surface area contributed by atoms with Gasteiger partial charge >= 0.3 is 0 Å². The molecule has 0 fully saturated rings. The van der Waals surface area contributed by atoms with E-state index in [0.29, 0.717) is 0 Å². The Bertz CT molecular complexity index is 3950. The van der Waals surface area contributed by atoms with Crippen LogP contribution >= 0.6 is 22.7 Å². The highest BCUT2D eigenvalue weighted by Crippen LogP contribution is 2.53. The third-order valence-electron chi connectivity index (χ3n) is 13.8. The van der Waals surface area contributed by atoms with Gasteiger partial charge in [0, 0.05) is 52.8 Å².